The summed E-state index contributed by atoms with van der Waals surface area (Å²) < 4.78 is 25.5. The zero-order valence-corrected chi connectivity index (χ0v) is 15.0. The predicted molar refractivity (Wildman–Crippen MR) is 92.8 cm³/mol. The van der Waals surface area contributed by atoms with Crippen LogP contribution in [0.5, 0.6) is 0 Å². The van der Waals surface area contributed by atoms with E-state index in [1.54, 1.807) is 0 Å². The summed E-state index contributed by atoms with van der Waals surface area (Å²) in [6.07, 6.45) is 17.6. The van der Waals surface area contributed by atoms with Crippen LogP contribution in [0, 0.1) is 34.5 Å². The van der Waals surface area contributed by atoms with Gasteiger partial charge < -0.3 is 0 Å². The molecular formula is C20H30O2S. The number of allylic oxidation sites excluding steroid dienone is 2. The van der Waals surface area contributed by atoms with Crippen LogP contribution in [0.25, 0.3) is 0 Å². The lowest BCUT2D eigenvalue weighted by Crippen LogP contribution is -2.58. The molecule has 0 spiro atoms. The number of hydrogen-bond donors (Lipinski definition) is 0. The minimum Gasteiger partial charge on any atom is -0.229 e. The summed E-state index contributed by atoms with van der Waals surface area (Å²) in [6, 6.07) is 0. The molecule has 6 atom stereocenters. The zero-order valence-electron chi connectivity index (χ0n) is 14.2. The van der Waals surface area contributed by atoms with Crippen LogP contribution in [0.4, 0.5) is 0 Å². The van der Waals surface area contributed by atoms with Crippen molar-refractivity contribution in [1.29, 1.82) is 0 Å². The molecule has 4 fully saturated rings. The van der Waals surface area contributed by atoms with E-state index in [2.05, 4.69) is 12.2 Å². The molecule has 5 aliphatic rings. The average molecular weight is 335 g/mol. The van der Waals surface area contributed by atoms with Gasteiger partial charge in [-0.15, -0.1) is 0 Å². The van der Waals surface area contributed by atoms with Gasteiger partial charge in [0.15, 0.2) is 9.84 Å². The second kappa shape index (κ2) is 4.86. The maximum Gasteiger partial charge on any atom is 0.151 e. The van der Waals surface area contributed by atoms with E-state index in [-0.39, 0.29) is 10.8 Å². The van der Waals surface area contributed by atoms with Crippen LogP contribution in [-0.4, -0.2) is 19.9 Å². The van der Waals surface area contributed by atoms with Gasteiger partial charge in [0.2, 0.25) is 0 Å². The lowest BCUT2D eigenvalue weighted by atomic mass is 9.41. The van der Waals surface area contributed by atoms with Crippen molar-refractivity contribution < 1.29 is 8.42 Å². The maximum atomic E-state index is 12.8. The molecule has 3 heteroatoms. The summed E-state index contributed by atoms with van der Waals surface area (Å²) in [6.45, 7) is 0. The largest absolute Gasteiger partial charge is 0.229 e. The topological polar surface area (TPSA) is 34.1 Å². The minimum absolute atomic E-state index is 0.0983. The van der Waals surface area contributed by atoms with Gasteiger partial charge in [-0.1, -0.05) is 31.4 Å². The predicted octanol–water partition coefficient (Wildman–Crippen LogP) is 4.36. The third kappa shape index (κ3) is 1.95. The molecule has 0 aromatic carbocycles. The molecule has 128 valence electrons. The first kappa shape index (κ1) is 15.0. The summed E-state index contributed by atoms with van der Waals surface area (Å²) in [4.78, 5) is 0. The Morgan fingerprint density at radius 3 is 2.52 bits per heavy atom. The molecule has 0 aromatic rings. The number of sulfone groups is 1. The van der Waals surface area contributed by atoms with Crippen molar-refractivity contribution in [3.63, 3.8) is 0 Å². The van der Waals surface area contributed by atoms with Crippen molar-refractivity contribution in [3.8, 4) is 0 Å². The standard InChI is InChI=1S/C20H30O2S/c21-23(22)13-19-10-3-4-11-20(19,14-23)18-16(9-12-19)8-7-15-5-1-2-6-17(15)18/h3-4,15-18H,1-2,5-14H2/t15-,16-,17-,18-,19+,20-/m0/s1. The Labute approximate surface area is 141 Å². The Morgan fingerprint density at radius 2 is 1.61 bits per heavy atom. The molecule has 0 aromatic heterocycles. The summed E-state index contributed by atoms with van der Waals surface area (Å²) in [5, 5.41) is 0. The van der Waals surface area contributed by atoms with Gasteiger partial charge in [-0.2, -0.15) is 0 Å². The van der Waals surface area contributed by atoms with E-state index in [0.717, 1.165) is 30.6 Å². The van der Waals surface area contributed by atoms with Crippen molar-refractivity contribution >= 4 is 9.84 Å². The molecule has 1 aliphatic heterocycles. The Hall–Kier alpha value is -0.310. The first-order chi connectivity index (χ1) is 11.1. The molecular weight excluding hydrogens is 304 g/mol. The van der Waals surface area contributed by atoms with Crippen LogP contribution in [0.1, 0.15) is 64.2 Å². The van der Waals surface area contributed by atoms with Gasteiger partial charge in [0.25, 0.3) is 0 Å². The fourth-order valence-corrected chi connectivity index (χ4v) is 10.9. The van der Waals surface area contributed by atoms with Gasteiger partial charge in [-0.05, 0) is 79.4 Å². The van der Waals surface area contributed by atoms with Crippen LogP contribution >= 0.6 is 0 Å². The zero-order chi connectivity index (χ0) is 15.7. The van der Waals surface area contributed by atoms with Gasteiger partial charge in [0, 0.05) is 0 Å². The highest BCUT2D eigenvalue weighted by molar-refractivity contribution is 7.91. The molecule has 23 heavy (non-hydrogen) atoms. The molecule has 2 nitrogen and oxygen atoms in total. The molecule has 0 unspecified atom stereocenters. The van der Waals surface area contributed by atoms with Crippen molar-refractivity contribution in [1.82, 2.24) is 0 Å². The van der Waals surface area contributed by atoms with Crippen LogP contribution in [0.3, 0.4) is 0 Å². The number of hydrogen-bond acceptors (Lipinski definition) is 2. The Bertz CT molecular complexity index is 636. The Balaban J connectivity index is 1.64. The van der Waals surface area contributed by atoms with E-state index in [1.165, 1.54) is 51.4 Å². The number of fused-ring (bicyclic) bond motifs is 3. The van der Waals surface area contributed by atoms with Gasteiger partial charge in [-0.25, -0.2) is 8.42 Å². The molecule has 0 amide bonds. The highest BCUT2D eigenvalue weighted by atomic mass is 32.2. The van der Waals surface area contributed by atoms with E-state index >= 15 is 0 Å². The molecule has 0 N–H and O–H groups in total. The van der Waals surface area contributed by atoms with Crippen molar-refractivity contribution in [2.24, 2.45) is 34.5 Å². The monoisotopic (exact) mass is 334 g/mol. The molecule has 0 radical (unpaired) electrons. The first-order valence-corrected chi connectivity index (χ1v) is 11.7. The summed E-state index contributed by atoms with van der Waals surface area (Å²) in [5.41, 5.74) is 0.200. The van der Waals surface area contributed by atoms with Crippen molar-refractivity contribution in [3.05, 3.63) is 12.2 Å². The molecule has 5 rings (SSSR count). The van der Waals surface area contributed by atoms with Gasteiger partial charge in [0.05, 0.1) is 11.5 Å². The fraction of sp³-hybridized carbons (Fsp3) is 0.900. The molecule has 1 saturated heterocycles. The Morgan fingerprint density at radius 1 is 0.826 bits per heavy atom. The van der Waals surface area contributed by atoms with Crippen LogP contribution in [0.2, 0.25) is 0 Å². The van der Waals surface area contributed by atoms with E-state index in [0.29, 0.717) is 17.4 Å². The van der Waals surface area contributed by atoms with E-state index in [9.17, 15) is 8.42 Å². The minimum atomic E-state index is -2.86. The normalized spacial score (nSPS) is 53.7. The second-order valence-electron chi connectivity index (χ2n) is 9.46. The fourth-order valence-electron chi connectivity index (χ4n) is 7.98. The third-order valence-corrected chi connectivity index (χ3v) is 10.6. The molecule has 4 aliphatic carbocycles. The first-order valence-electron chi connectivity index (χ1n) is 9.91. The van der Waals surface area contributed by atoms with Crippen LogP contribution in [0.15, 0.2) is 12.2 Å². The van der Waals surface area contributed by atoms with Gasteiger partial charge in [0.1, 0.15) is 0 Å². The lowest BCUT2D eigenvalue weighted by Gasteiger charge is -2.63. The van der Waals surface area contributed by atoms with E-state index in [1.807, 2.05) is 0 Å². The molecule has 0 bridgehead atoms. The Kier molecular flexibility index (Phi) is 3.17. The third-order valence-electron chi connectivity index (χ3n) is 8.66. The quantitative estimate of drug-likeness (QED) is 0.617. The van der Waals surface area contributed by atoms with Crippen LogP contribution < -0.4 is 0 Å². The summed E-state index contributed by atoms with van der Waals surface area (Å²) >= 11 is 0. The highest BCUT2D eigenvalue weighted by Crippen LogP contribution is 2.70. The van der Waals surface area contributed by atoms with Gasteiger partial charge in [-0.3, -0.25) is 0 Å². The van der Waals surface area contributed by atoms with Gasteiger partial charge >= 0.3 is 0 Å². The highest BCUT2D eigenvalue weighted by Gasteiger charge is 2.68. The lowest BCUT2D eigenvalue weighted by molar-refractivity contribution is -0.125. The maximum absolute atomic E-state index is 12.8. The average Bonchev–Trinajstić information content (AvgIpc) is 2.80. The molecule has 3 saturated carbocycles. The van der Waals surface area contributed by atoms with Crippen molar-refractivity contribution in [2.45, 2.75) is 64.2 Å². The summed E-state index contributed by atoms with van der Waals surface area (Å²) in [7, 11) is -2.86. The summed E-state index contributed by atoms with van der Waals surface area (Å²) in [5.74, 6) is 4.27. The van der Waals surface area contributed by atoms with E-state index < -0.39 is 9.84 Å². The number of rotatable bonds is 0. The molecule has 1 heterocycles. The van der Waals surface area contributed by atoms with E-state index in [4.69, 9.17) is 0 Å². The SMILES string of the molecule is O=S1(=O)C[C@]23CC=CC[C@]2(C1)[C@H]1[C@@H](CC[C@@H]2CCCC[C@@H]21)CC3. The van der Waals surface area contributed by atoms with Crippen molar-refractivity contribution in [2.75, 3.05) is 11.5 Å². The smallest absolute Gasteiger partial charge is 0.151 e. The van der Waals surface area contributed by atoms with Crippen LogP contribution in [-0.2, 0) is 9.84 Å². The second-order valence-corrected chi connectivity index (χ2v) is 11.5.